The van der Waals surface area contributed by atoms with Crippen molar-refractivity contribution in [3.8, 4) is 11.3 Å². The molecular weight excluding hydrogens is 392 g/mol. The van der Waals surface area contributed by atoms with Crippen LogP contribution in [-0.4, -0.2) is 21.4 Å². The fourth-order valence-corrected chi connectivity index (χ4v) is 4.56. The summed E-state index contributed by atoms with van der Waals surface area (Å²) in [5.41, 5.74) is 7.80. The fourth-order valence-electron chi connectivity index (χ4n) is 3.76. The normalized spacial score (nSPS) is 11.7. The number of hydrogen-bond donors (Lipinski definition) is 2. The third-order valence-electron chi connectivity index (χ3n) is 5.38. The Balaban J connectivity index is 1.62. The first-order valence-corrected chi connectivity index (χ1v) is 11.0. The number of aryl methyl sites for hydroxylation is 2. The highest BCUT2D eigenvalue weighted by atomic mass is 32.1. The molecule has 4 aromatic rings. The quantitative estimate of drug-likeness (QED) is 0.377. The lowest BCUT2D eigenvalue weighted by Gasteiger charge is -2.19. The molecule has 6 heteroatoms. The molecule has 1 aromatic carbocycles. The van der Waals surface area contributed by atoms with Crippen LogP contribution >= 0.6 is 11.3 Å². The van der Waals surface area contributed by atoms with Crippen molar-refractivity contribution in [1.82, 2.24) is 15.0 Å². The predicted molar refractivity (Wildman–Crippen MR) is 124 cm³/mol. The average molecular weight is 419 g/mol. The summed E-state index contributed by atoms with van der Waals surface area (Å²) in [5.74, 6) is 0. The van der Waals surface area contributed by atoms with Crippen molar-refractivity contribution in [2.45, 2.75) is 45.4 Å². The van der Waals surface area contributed by atoms with Crippen molar-refractivity contribution < 1.29 is 4.79 Å². The first kappa shape index (κ1) is 20.3. The minimum Gasteiger partial charge on any atom is -0.338 e. The highest BCUT2D eigenvalue weighted by molar-refractivity contribution is 7.14. The number of hydrogen-bond acceptors (Lipinski definition) is 4. The number of anilines is 1. The number of aromatic nitrogens is 3. The van der Waals surface area contributed by atoms with Gasteiger partial charge in [0.25, 0.3) is 0 Å². The van der Waals surface area contributed by atoms with Crippen LogP contribution in [0.3, 0.4) is 0 Å². The molecule has 4 rings (SSSR count). The van der Waals surface area contributed by atoms with E-state index in [1.54, 1.807) is 23.7 Å². The van der Waals surface area contributed by atoms with E-state index in [1.807, 2.05) is 5.38 Å². The van der Waals surface area contributed by atoms with E-state index in [0.29, 0.717) is 0 Å². The fraction of sp³-hybridized carbons (Fsp3) is 0.292. The summed E-state index contributed by atoms with van der Waals surface area (Å²) in [6.45, 7) is 6.67. The summed E-state index contributed by atoms with van der Waals surface area (Å²) in [7, 11) is 0. The molecule has 0 bridgehead atoms. The number of aromatic amines is 1. The second-order valence-corrected chi connectivity index (χ2v) is 9.37. The standard InChI is InChI=1S/C24H26N4OS/c1-24(2,3)18-9-7-16(8-10-18)20-19(21-22(28-20)26-13-12-25-21)6-4-5-17-11-14-30-23(17)27-15-29/h7-15H,4-6H2,1-3H3,(H,26,28)(H,27,29). The van der Waals surface area contributed by atoms with Crippen molar-refractivity contribution in [3.63, 3.8) is 0 Å². The summed E-state index contributed by atoms with van der Waals surface area (Å²) in [6, 6.07) is 10.8. The molecule has 2 N–H and O–H groups in total. The molecule has 0 spiro atoms. The molecule has 30 heavy (non-hydrogen) atoms. The minimum atomic E-state index is 0.124. The molecule has 0 aliphatic carbocycles. The number of rotatable bonds is 7. The van der Waals surface area contributed by atoms with Crippen molar-refractivity contribution >= 4 is 33.9 Å². The van der Waals surface area contributed by atoms with Gasteiger partial charge in [0.2, 0.25) is 6.41 Å². The minimum absolute atomic E-state index is 0.124. The van der Waals surface area contributed by atoms with E-state index in [9.17, 15) is 4.79 Å². The van der Waals surface area contributed by atoms with Crippen LogP contribution in [0.2, 0.25) is 0 Å². The van der Waals surface area contributed by atoms with Crippen LogP contribution in [-0.2, 0) is 23.1 Å². The molecular formula is C24H26N4OS. The van der Waals surface area contributed by atoms with E-state index in [-0.39, 0.29) is 5.41 Å². The van der Waals surface area contributed by atoms with Crippen LogP contribution in [0.5, 0.6) is 0 Å². The van der Waals surface area contributed by atoms with E-state index in [1.165, 1.54) is 16.7 Å². The zero-order valence-corrected chi connectivity index (χ0v) is 18.3. The molecule has 0 aliphatic rings. The highest BCUT2D eigenvalue weighted by Crippen LogP contribution is 2.32. The van der Waals surface area contributed by atoms with Gasteiger partial charge in [-0.3, -0.25) is 9.78 Å². The number of amides is 1. The molecule has 3 aromatic heterocycles. The number of benzene rings is 1. The lowest BCUT2D eigenvalue weighted by Crippen LogP contribution is -2.10. The number of H-pyrrole nitrogens is 1. The van der Waals surface area contributed by atoms with Gasteiger partial charge in [-0.1, -0.05) is 45.0 Å². The largest absolute Gasteiger partial charge is 0.338 e. The van der Waals surface area contributed by atoms with E-state index in [0.717, 1.165) is 53.1 Å². The molecule has 0 atom stereocenters. The van der Waals surface area contributed by atoms with Gasteiger partial charge in [0.1, 0.15) is 5.52 Å². The lowest BCUT2D eigenvalue weighted by atomic mass is 9.86. The molecule has 5 nitrogen and oxygen atoms in total. The molecule has 1 amide bonds. The zero-order chi connectivity index (χ0) is 21.1. The van der Waals surface area contributed by atoms with Gasteiger partial charge in [-0.05, 0) is 52.8 Å². The van der Waals surface area contributed by atoms with Crippen molar-refractivity contribution in [2.24, 2.45) is 0 Å². The van der Waals surface area contributed by atoms with Crippen molar-refractivity contribution in [1.29, 1.82) is 0 Å². The molecule has 154 valence electrons. The van der Waals surface area contributed by atoms with Crippen LogP contribution in [0.1, 0.15) is 43.9 Å². The van der Waals surface area contributed by atoms with E-state index >= 15 is 0 Å². The summed E-state index contributed by atoms with van der Waals surface area (Å²) in [6.07, 6.45) is 6.94. The zero-order valence-electron chi connectivity index (χ0n) is 17.5. The number of thiophene rings is 1. The Morgan fingerprint density at radius 2 is 1.83 bits per heavy atom. The van der Waals surface area contributed by atoms with Crippen molar-refractivity contribution in [2.75, 3.05) is 5.32 Å². The summed E-state index contributed by atoms with van der Waals surface area (Å²) < 4.78 is 0. The van der Waals surface area contributed by atoms with Gasteiger partial charge in [0.15, 0.2) is 5.65 Å². The Hall–Kier alpha value is -2.99. The SMILES string of the molecule is CC(C)(C)c1ccc(-c2[nH]c3nccnc3c2CCCc2ccsc2NC=O)cc1. The highest BCUT2D eigenvalue weighted by Gasteiger charge is 2.17. The first-order chi connectivity index (χ1) is 14.5. The third kappa shape index (κ3) is 4.14. The first-order valence-electron chi connectivity index (χ1n) is 10.2. The number of carbonyl (C=O) groups is 1. The Kier molecular flexibility index (Phi) is 5.68. The predicted octanol–water partition coefficient (Wildman–Crippen LogP) is 5.73. The molecule has 0 aliphatic heterocycles. The maximum atomic E-state index is 10.8. The van der Waals surface area contributed by atoms with Gasteiger partial charge in [-0.15, -0.1) is 11.3 Å². The molecule has 0 unspecified atom stereocenters. The second kappa shape index (κ2) is 8.40. The topological polar surface area (TPSA) is 70.7 Å². The molecule has 0 saturated carbocycles. The number of nitrogens with zero attached hydrogens (tertiary/aromatic N) is 2. The Bertz CT molecular complexity index is 1150. The number of carbonyl (C=O) groups excluding carboxylic acids is 1. The Morgan fingerprint density at radius 3 is 2.57 bits per heavy atom. The maximum absolute atomic E-state index is 10.8. The Labute approximate surface area is 180 Å². The number of nitrogens with one attached hydrogen (secondary N) is 2. The monoisotopic (exact) mass is 418 g/mol. The van der Waals surface area contributed by atoms with Crippen LogP contribution in [0.15, 0.2) is 48.1 Å². The third-order valence-corrected chi connectivity index (χ3v) is 6.27. The Morgan fingerprint density at radius 1 is 1.07 bits per heavy atom. The number of fused-ring (bicyclic) bond motifs is 1. The summed E-state index contributed by atoms with van der Waals surface area (Å²) >= 11 is 1.56. The van der Waals surface area contributed by atoms with Gasteiger partial charge in [-0.25, -0.2) is 4.98 Å². The molecule has 0 radical (unpaired) electrons. The average Bonchev–Trinajstić information content (AvgIpc) is 3.33. The molecule has 3 heterocycles. The smallest absolute Gasteiger partial charge is 0.212 e. The van der Waals surface area contributed by atoms with Gasteiger partial charge in [-0.2, -0.15) is 0 Å². The lowest BCUT2D eigenvalue weighted by molar-refractivity contribution is -0.105. The van der Waals surface area contributed by atoms with E-state index in [2.05, 4.69) is 71.4 Å². The van der Waals surface area contributed by atoms with Gasteiger partial charge in [0.05, 0.1) is 10.7 Å². The van der Waals surface area contributed by atoms with Crippen molar-refractivity contribution in [3.05, 3.63) is 64.8 Å². The second-order valence-electron chi connectivity index (χ2n) is 8.45. The van der Waals surface area contributed by atoms with E-state index in [4.69, 9.17) is 0 Å². The summed E-state index contributed by atoms with van der Waals surface area (Å²) in [4.78, 5) is 23.4. The molecule has 0 fully saturated rings. The summed E-state index contributed by atoms with van der Waals surface area (Å²) in [5, 5.41) is 5.74. The van der Waals surface area contributed by atoms with Crippen LogP contribution in [0, 0.1) is 0 Å². The van der Waals surface area contributed by atoms with Gasteiger partial charge < -0.3 is 10.3 Å². The van der Waals surface area contributed by atoms with Crippen LogP contribution in [0.25, 0.3) is 22.4 Å². The molecule has 0 saturated heterocycles. The van der Waals surface area contributed by atoms with E-state index < -0.39 is 0 Å². The van der Waals surface area contributed by atoms with Crippen LogP contribution in [0.4, 0.5) is 5.00 Å². The maximum Gasteiger partial charge on any atom is 0.212 e. The van der Waals surface area contributed by atoms with Gasteiger partial charge in [0, 0.05) is 18.0 Å². The van der Waals surface area contributed by atoms with Gasteiger partial charge >= 0.3 is 0 Å². The van der Waals surface area contributed by atoms with Crippen LogP contribution < -0.4 is 5.32 Å².